The van der Waals surface area contributed by atoms with Gasteiger partial charge in [0.05, 0.1) is 10.6 Å². The third-order valence-corrected chi connectivity index (χ3v) is 6.14. The number of amides is 1. The van der Waals surface area contributed by atoms with E-state index in [4.69, 9.17) is 0 Å². The molecule has 0 aromatic heterocycles. The van der Waals surface area contributed by atoms with Crippen molar-refractivity contribution < 1.29 is 22.4 Å². The SMILES string of the molecule is CC(C)C(=O)NS(=O)(=O)c1ccc(N2CCC(C(=O)C(C)C)CC2)c(F)c1. The summed E-state index contributed by atoms with van der Waals surface area (Å²) in [5.74, 6) is -1.59. The Kier molecular flexibility index (Phi) is 6.62. The van der Waals surface area contributed by atoms with Gasteiger partial charge in [-0.2, -0.15) is 0 Å². The van der Waals surface area contributed by atoms with Crippen molar-refractivity contribution in [2.45, 2.75) is 45.4 Å². The van der Waals surface area contributed by atoms with Crippen LogP contribution in [0.25, 0.3) is 0 Å². The van der Waals surface area contributed by atoms with Crippen molar-refractivity contribution in [2.75, 3.05) is 18.0 Å². The lowest BCUT2D eigenvalue weighted by Crippen LogP contribution is -2.38. The topological polar surface area (TPSA) is 83.6 Å². The van der Waals surface area contributed by atoms with Crippen LogP contribution in [-0.2, 0) is 19.6 Å². The molecule has 1 aromatic rings. The first-order valence-electron chi connectivity index (χ1n) is 9.17. The molecule has 1 aromatic carbocycles. The summed E-state index contributed by atoms with van der Waals surface area (Å²) in [7, 11) is -4.11. The number of nitrogens with zero attached hydrogens (tertiary/aromatic N) is 1. The summed E-state index contributed by atoms with van der Waals surface area (Å²) < 4.78 is 40.9. The van der Waals surface area contributed by atoms with Crippen LogP contribution in [0, 0.1) is 23.6 Å². The van der Waals surface area contributed by atoms with E-state index in [1.165, 1.54) is 12.1 Å². The number of halogens is 1. The van der Waals surface area contributed by atoms with Gasteiger partial charge in [-0.05, 0) is 31.0 Å². The average molecular weight is 399 g/mol. The molecule has 0 saturated carbocycles. The van der Waals surface area contributed by atoms with E-state index in [2.05, 4.69) is 0 Å². The Labute approximate surface area is 160 Å². The Morgan fingerprint density at radius 2 is 1.70 bits per heavy atom. The van der Waals surface area contributed by atoms with Crippen LogP contribution < -0.4 is 9.62 Å². The number of carbonyl (C=O) groups is 2. The minimum atomic E-state index is -4.11. The summed E-state index contributed by atoms with van der Waals surface area (Å²) in [4.78, 5) is 25.3. The Morgan fingerprint density at radius 3 is 2.19 bits per heavy atom. The number of hydrogen-bond donors (Lipinski definition) is 1. The number of piperidine rings is 1. The lowest BCUT2D eigenvalue weighted by Gasteiger charge is -2.33. The van der Waals surface area contributed by atoms with E-state index in [0.717, 1.165) is 6.07 Å². The highest BCUT2D eigenvalue weighted by Crippen LogP contribution is 2.28. The second kappa shape index (κ2) is 8.37. The van der Waals surface area contributed by atoms with Gasteiger partial charge in [-0.3, -0.25) is 9.59 Å². The number of ketones is 1. The zero-order valence-corrected chi connectivity index (χ0v) is 17.0. The largest absolute Gasteiger partial charge is 0.369 e. The number of anilines is 1. The summed E-state index contributed by atoms with van der Waals surface area (Å²) in [6.07, 6.45) is 1.31. The fraction of sp³-hybridized carbons (Fsp3) is 0.579. The van der Waals surface area contributed by atoms with Gasteiger partial charge in [0.1, 0.15) is 11.6 Å². The average Bonchev–Trinajstić information content (AvgIpc) is 2.60. The first-order chi connectivity index (χ1) is 12.5. The zero-order chi connectivity index (χ0) is 20.4. The van der Waals surface area contributed by atoms with Crippen molar-refractivity contribution >= 4 is 27.4 Å². The molecule has 0 unspecified atom stereocenters. The number of Topliss-reactive ketones (excluding diaryl/α,β-unsaturated/α-hetero) is 1. The minimum absolute atomic E-state index is 0.00444. The van der Waals surface area contributed by atoms with Crippen molar-refractivity contribution in [2.24, 2.45) is 17.8 Å². The molecule has 1 N–H and O–H groups in total. The molecule has 1 aliphatic heterocycles. The van der Waals surface area contributed by atoms with Crippen molar-refractivity contribution in [3.05, 3.63) is 24.0 Å². The molecule has 27 heavy (non-hydrogen) atoms. The normalized spacial score (nSPS) is 16.0. The molecule has 2 rings (SSSR count). The van der Waals surface area contributed by atoms with Gasteiger partial charge in [0, 0.05) is 30.8 Å². The van der Waals surface area contributed by atoms with Crippen LogP contribution in [0.15, 0.2) is 23.1 Å². The van der Waals surface area contributed by atoms with Crippen LogP contribution in [0.5, 0.6) is 0 Å². The van der Waals surface area contributed by atoms with Gasteiger partial charge in [0.15, 0.2) is 0 Å². The number of nitrogens with one attached hydrogen (secondary N) is 1. The number of hydrogen-bond acceptors (Lipinski definition) is 5. The zero-order valence-electron chi connectivity index (χ0n) is 16.2. The molecule has 8 heteroatoms. The molecule has 0 spiro atoms. The first-order valence-corrected chi connectivity index (χ1v) is 10.7. The molecule has 1 heterocycles. The lowest BCUT2D eigenvalue weighted by molar-refractivity contribution is -0.126. The van der Waals surface area contributed by atoms with Crippen LogP contribution >= 0.6 is 0 Å². The van der Waals surface area contributed by atoms with Gasteiger partial charge in [-0.1, -0.05) is 27.7 Å². The van der Waals surface area contributed by atoms with E-state index in [9.17, 15) is 22.4 Å². The second-order valence-corrected chi connectivity index (χ2v) is 9.24. The Bertz CT molecular complexity index is 813. The monoisotopic (exact) mass is 398 g/mol. The summed E-state index contributed by atoms with van der Waals surface area (Å²) in [5, 5.41) is 0. The molecule has 0 aliphatic carbocycles. The molecular weight excluding hydrogens is 371 g/mol. The third kappa shape index (κ3) is 5.06. The predicted molar refractivity (Wildman–Crippen MR) is 101 cm³/mol. The van der Waals surface area contributed by atoms with Crippen LogP contribution in [0.4, 0.5) is 10.1 Å². The van der Waals surface area contributed by atoms with Crippen LogP contribution in [0.3, 0.4) is 0 Å². The van der Waals surface area contributed by atoms with Gasteiger partial charge in [0.25, 0.3) is 10.0 Å². The molecule has 0 bridgehead atoms. The molecular formula is C19H27FN2O4S. The lowest BCUT2D eigenvalue weighted by atomic mass is 9.87. The highest BCUT2D eigenvalue weighted by molar-refractivity contribution is 7.90. The molecule has 1 fully saturated rings. The number of carbonyl (C=O) groups excluding carboxylic acids is 2. The fourth-order valence-corrected chi connectivity index (χ4v) is 4.22. The van der Waals surface area contributed by atoms with Gasteiger partial charge >= 0.3 is 0 Å². The Balaban J connectivity index is 2.12. The van der Waals surface area contributed by atoms with Crippen molar-refractivity contribution in [1.29, 1.82) is 0 Å². The van der Waals surface area contributed by atoms with Gasteiger partial charge < -0.3 is 4.90 Å². The number of rotatable bonds is 6. The van der Waals surface area contributed by atoms with Gasteiger partial charge in [-0.25, -0.2) is 17.5 Å². The van der Waals surface area contributed by atoms with E-state index in [1.54, 1.807) is 13.8 Å². The van der Waals surface area contributed by atoms with E-state index in [1.807, 2.05) is 23.5 Å². The van der Waals surface area contributed by atoms with Crippen molar-refractivity contribution in [1.82, 2.24) is 4.72 Å². The van der Waals surface area contributed by atoms with Crippen LogP contribution in [-0.4, -0.2) is 33.2 Å². The highest BCUT2D eigenvalue weighted by Gasteiger charge is 2.28. The molecule has 1 amide bonds. The maximum Gasteiger partial charge on any atom is 0.264 e. The van der Waals surface area contributed by atoms with Gasteiger partial charge in [-0.15, -0.1) is 0 Å². The summed E-state index contributed by atoms with van der Waals surface area (Å²) in [6, 6.07) is 3.63. The van der Waals surface area contributed by atoms with Crippen LogP contribution in [0.2, 0.25) is 0 Å². The Hall–Kier alpha value is -1.96. The molecule has 0 atom stereocenters. The molecule has 1 aliphatic rings. The fourth-order valence-electron chi connectivity index (χ4n) is 3.10. The molecule has 0 radical (unpaired) electrons. The van der Waals surface area contributed by atoms with E-state index in [-0.39, 0.29) is 22.5 Å². The maximum atomic E-state index is 14.6. The van der Waals surface area contributed by atoms with E-state index < -0.39 is 27.7 Å². The summed E-state index contributed by atoms with van der Waals surface area (Å²) >= 11 is 0. The van der Waals surface area contributed by atoms with Crippen molar-refractivity contribution in [3.63, 3.8) is 0 Å². The molecule has 150 valence electrons. The van der Waals surface area contributed by atoms with E-state index in [0.29, 0.717) is 31.6 Å². The van der Waals surface area contributed by atoms with Gasteiger partial charge in [0.2, 0.25) is 5.91 Å². The maximum absolute atomic E-state index is 14.6. The van der Waals surface area contributed by atoms with E-state index >= 15 is 0 Å². The highest BCUT2D eigenvalue weighted by atomic mass is 32.2. The predicted octanol–water partition coefficient (Wildman–Crippen LogP) is 2.73. The number of sulfonamides is 1. The summed E-state index contributed by atoms with van der Waals surface area (Å²) in [5.41, 5.74) is 0.305. The number of benzene rings is 1. The quantitative estimate of drug-likeness (QED) is 0.797. The third-order valence-electron chi connectivity index (χ3n) is 4.80. The first kappa shape index (κ1) is 21.3. The molecule has 6 nitrogen and oxygen atoms in total. The smallest absolute Gasteiger partial charge is 0.264 e. The standard InChI is InChI=1S/C19H27FN2O4S/c1-12(2)18(23)14-7-9-22(10-8-14)17-6-5-15(11-16(17)20)27(25,26)21-19(24)13(3)4/h5-6,11-14H,7-10H2,1-4H3,(H,21,24). The van der Waals surface area contributed by atoms with Crippen LogP contribution in [0.1, 0.15) is 40.5 Å². The van der Waals surface area contributed by atoms with Crippen molar-refractivity contribution in [3.8, 4) is 0 Å². The summed E-state index contributed by atoms with van der Waals surface area (Å²) in [6.45, 7) is 7.98. The Morgan fingerprint density at radius 1 is 1.11 bits per heavy atom. The molecule has 1 saturated heterocycles. The minimum Gasteiger partial charge on any atom is -0.369 e. The second-order valence-electron chi connectivity index (χ2n) is 7.56.